The zero-order valence-corrected chi connectivity index (χ0v) is 10.6. The third-order valence-corrected chi connectivity index (χ3v) is 3.71. The summed E-state index contributed by atoms with van der Waals surface area (Å²) in [6.45, 7) is 3.29. The fourth-order valence-electron chi connectivity index (χ4n) is 2.70. The number of anilines is 1. The third kappa shape index (κ3) is 2.42. The topological polar surface area (TPSA) is 50.7 Å². The summed E-state index contributed by atoms with van der Waals surface area (Å²) < 4.78 is 0. The quantitative estimate of drug-likeness (QED) is 0.899. The van der Waals surface area contributed by atoms with Crippen molar-refractivity contribution in [1.82, 2.24) is 15.2 Å². The molecule has 1 fully saturated rings. The van der Waals surface area contributed by atoms with Crippen LogP contribution in [0.4, 0.5) is 5.95 Å². The van der Waals surface area contributed by atoms with Gasteiger partial charge in [-0.25, -0.2) is 4.98 Å². The van der Waals surface area contributed by atoms with Gasteiger partial charge in [-0.15, -0.1) is 10.2 Å². The largest absolute Gasteiger partial charge is 0.353 e. The molecule has 4 nitrogen and oxygen atoms in total. The van der Waals surface area contributed by atoms with Gasteiger partial charge in [-0.05, 0) is 36.8 Å². The second-order valence-electron chi connectivity index (χ2n) is 5.29. The number of para-hydroxylation sites is 1. The highest BCUT2D eigenvalue weighted by molar-refractivity contribution is 5.73. The number of nitrogens with one attached hydrogen (secondary N) is 1. The number of rotatable bonds is 3. The lowest BCUT2D eigenvalue weighted by Crippen LogP contribution is -2.13. The molecule has 1 aromatic carbocycles. The Labute approximate surface area is 107 Å². The highest BCUT2D eigenvalue weighted by Gasteiger charge is 2.21. The van der Waals surface area contributed by atoms with Crippen molar-refractivity contribution in [3.63, 3.8) is 0 Å². The van der Waals surface area contributed by atoms with Gasteiger partial charge in [0.25, 0.3) is 0 Å². The summed E-state index contributed by atoms with van der Waals surface area (Å²) in [5, 5.41) is 11.6. The van der Waals surface area contributed by atoms with Crippen molar-refractivity contribution >= 4 is 17.0 Å². The predicted molar refractivity (Wildman–Crippen MR) is 72.3 cm³/mol. The Morgan fingerprint density at radius 1 is 1.17 bits per heavy atom. The molecule has 4 heteroatoms. The van der Waals surface area contributed by atoms with E-state index in [-0.39, 0.29) is 0 Å². The molecule has 2 aromatic rings. The molecule has 0 bridgehead atoms. The van der Waals surface area contributed by atoms with Crippen LogP contribution in [0.15, 0.2) is 24.3 Å². The summed E-state index contributed by atoms with van der Waals surface area (Å²) in [6.07, 6.45) is 3.98. The van der Waals surface area contributed by atoms with E-state index in [9.17, 15) is 0 Å². The predicted octanol–water partition coefficient (Wildman–Crippen LogP) is 2.87. The summed E-state index contributed by atoms with van der Waals surface area (Å²) in [5.41, 5.74) is 1.74. The fourth-order valence-corrected chi connectivity index (χ4v) is 2.70. The van der Waals surface area contributed by atoms with Crippen molar-refractivity contribution in [2.24, 2.45) is 11.8 Å². The number of benzene rings is 1. The Morgan fingerprint density at radius 3 is 2.78 bits per heavy atom. The van der Waals surface area contributed by atoms with Crippen LogP contribution in [0.3, 0.4) is 0 Å². The van der Waals surface area contributed by atoms with Crippen LogP contribution in [-0.2, 0) is 0 Å². The molecule has 0 spiro atoms. The monoisotopic (exact) mass is 242 g/mol. The molecular weight excluding hydrogens is 224 g/mol. The van der Waals surface area contributed by atoms with Crippen molar-refractivity contribution in [3.05, 3.63) is 24.3 Å². The molecule has 1 heterocycles. The van der Waals surface area contributed by atoms with E-state index < -0.39 is 0 Å². The Kier molecular flexibility index (Phi) is 3.09. The Balaban J connectivity index is 1.67. The second kappa shape index (κ2) is 4.88. The van der Waals surface area contributed by atoms with E-state index in [1.165, 1.54) is 19.3 Å². The maximum absolute atomic E-state index is 4.47. The molecule has 1 aliphatic rings. The summed E-state index contributed by atoms with van der Waals surface area (Å²) in [5.74, 6) is 2.27. The molecule has 1 saturated carbocycles. The maximum Gasteiger partial charge on any atom is 0.243 e. The second-order valence-corrected chi connectivity index (χ2v) is 5.29. The number of aromatic nitrogens is 3. The van der Waals surface area contributed by atoms with E-state index in [2.05, 4.69) is 27.4 Å². The van der Waals surface area contributed by atoms with Gasteiger partial charge in [-0.3, -0.25) is 0 Å². The zero-order chi connectivity index (χ0) is 12.4. The molecule has 0 aliphatic heterocycles. The van der Waals surface area contributed by atoms with Crippen molar-refractivity contribution in [2.75, 3.05) is 11.9 Å². The van der Waals surface area contributed by atoms with Crippen LogP contribution in [-0.4, -0.2) is 21.7 Å². The van der Waals surface area contributed by atoms with E-state index in [1.807, 2.05) is 24.3 Å². The van der Waals surface area contributed by atoms with Crippen LogP contribution in [0.25, 0.3) is 11.0 Å². The van der Waals surface area contributed by atoms with E-state index in [4.69, 9.17) is 0 Å². The molecule has 1 aromatic heterocycles. The molecule has 18 heavy (non-hydrogen) atoms. The van der Waals surface area contributed by atoms with Crippen LogP contribution in [0.5, 0.6) is 0 Å². The molecule has 1 N–H and O–H groups in total. The van der Waals surface area contributed by atoms with E-state index in [0.717, 1.165) is 29.4 Å². The average molecular weight is 242 g/mol. The SMILES string of the molecule is CC1CCC(CNc2nnc3ccccc3n2)C1. The highest BCUT2D eigenvalue weighted by atomic mass is 15.2. The smallest absolute Gasteiger partial charge is 0.243 e. The first-order chi connectivity index (χ1) is 8.81. The van der Waals surface area contributed by atoms with Gasteiger partial charge in [0.15, 0.2) is 0 Å². The molecule has 2 unspecified atom stereocenters. The van der Waals surface area contributed by atoms with Crippen molar-refractivity contribution in [1.29, 1.82) is 0 Å². The molecule has 94 valence electrons. The van der Waals surface area contributed by atoms with Crippen LogP contribution in [0.1, 0.15) is 26.2 Å². The van der Waals surface area contributed by atoms with Gasteiger partial charge in [-0.2, -0.15) is 0 Å². The van der Waals surface area contributed by atoms with Crippen LogP contribution in [0, 0.1) is 11.8 Å². The number of nitrogens with zero attached hydrogens (tertiary/aromatic N) is 3. The Hall–Kier alpha value is -1.71. The van der Waals surface area contributed by atoms with Crippen LogP contribution in [0.2, 0.25) is 0 Å². The van der Waals surface area contributed by atoms with Crippen molar-refractivity contribution in [2.45, 2.75) is 26.2 Å². The van der Waals surface area contributed by atoms with Gasteiger partial charge in [0.1, 0.15) is 5.52 Å². The van der Waals surface area contributed by atoms with Gasteiger partial charge in [0.2, 0.25) is 5.95 Å². The molecule has 0 radical (unpaired) electrons. The minimum Gasteiger partial charge on any atom is -0.353 e. The van der Waals surface area contributed by atoms with Gasteiger partial charge >= 0.3 is 0 Å². The van der Waals surface area contributed by atoms with Crippen LogP contribution < -0.4 is 5.32 Å². The van der Waals surface area contributed by atoms with Gasteiger partial charge in [0, 0.05) is 6.54 Å². The number of fused-ring (bicyclic) bond motifs is 1. The minimum absolute atomic E-state index is 0.647. The molecule has 1 aliphatic carbocycles. The summed E-state index contributed by atoms with van der Waals surface area (Å²) >= 11 is 0. The summed E-state index contributed by atoms with van der Waals surface area (Å²) in [6, 6.07) is 7.82. The first kappa shape index (κ1) is 11.4. The highest BCUT2D eigenvalue weighted by Crippen LogP contribution is 2.30. The molecular formula is C14H18N4. The lowest BCUT2D eigenvalue weighted by Gasteiger charge is -2.10. The Bertz CT molecular complexity index is 540. The maximum atomic E-state index is 4.47. The van der Waals surface area contributed by atoms with E-state index >= 15 is 0 Å². The molecule has 2 atom stereocenters. The van der Waals surface area contributed by atoms with Crippen molar-refractivity contribution in [3.8, 4) is 0 Å². The standard InChI is InChI=1S/C14H18N4/c1-10-6-7-11(8-10)9-15-14-16-12-4-2-3-5-13(12)17-18-14/h2-5,10-11H,6-9H2,1H3,(H,15,16,18). The van der Waals surface area contributed by atoms with Gasteiger partial charge < -0.3 is 5.32 Å². The molecule has 3 rings (SSSR count). The Morgan fingerprint density at radius 2 is 2.00 bits per heavy atom. The number of hydrogen-bond donors (Lipinski definition) is 1. The first-order valence-electron chi connectivity index (χ1n) is 6.64. The first-order valence-corrected chi connectivity index (χ1v) is 6.64. The minimum atomic E-state index is 0.647. The zero-order valence-electron chi connectivity index (χ0n) is 10.6. The third-order valence-electron chi connectivity index (χ3n) is 3.71. The van der Waals surface area contributed by atoms with Gasteiger partial charge in [0.05, 0.1) is 5.52 Å². The van der Waals surface area contributed by atoms with Crippen LogP contribution >= 0.6 is 0 Å². The molecule has 0 amide bonds. The van der Waals surface area contributed by atoms with Gasteiger partial charge in [-0.1, -0.05) is 25.5 Å². The average Bonchev–Trinajstić information content (AvgIpc) is 2.82. The number of hydrogen-bond acceptors (Lipinski definition) is 4. The fraction of sp³-hybridized carbons (Fsp3) is 0.500. The lowest BCUT2D eigenvalue weighted by atomic mass is 10.1. The van der Waals surface area contributed by atoms with E-state index in [1.54, 1.807) is 0 Å². The van der Waals surface area contributed by atoms with Crippen molar-refractivity contribution < 1.29 is 0 Å². The summed E-state index contributed by atoms with van der Waals surface area (Å²) in [4.78, 5) is 4.47. The lowest BCUT2D eigenvalue weighted by molar-refractivity contribution is 0.535. The summed E-state index contributed by atoms with van der Waals surface area (Å²) in [7, 11) is 0. The molecule has 0 saturated heterocycles. The normalized spacial score (nSPS) is 23.4. The van der Waals surface area contributed by atoms with E-state index in [0.29, 0.717) is 5.95 Å².